The molecule has 5 nitrogen and oxygen atoms in total. The molecule has 1 amide bonds. The van der Waals surface area contributed by atoms with Gasteiger partial charge in [0, 0.05) is 43.0 Å². The number of aryl methyl sites for hydroxylation is 1. The van der Waals surface area contributed by atoms with Crippen LogP contribution in [0.15, 0.2) is 65.1 Å². The van der Waals surface area contributed by atoms with Gasteiger partial charge in [0.05, 0.1) is 0 Å². The average molecular weight is 374 g/mol. The zero-order chi connectivity index (χ0) is 19.5. The Bertz CT molecular complexity index is 966. The summed E-state index contributed by atoms with van der Waals surface area (Å²) in [4.78, 5) is 27.6. The Labute approximate surface area is 164 Å². The summed E-state index contributed by atoms with van der Waals surface area (Å²) in [6.07, 6.45) is 0.704. The molecule has 0 N–H and O–H groups in total. The number of rotatable bonds is 4. The lowest BCUT2D eigenvalue weighted by atomic mass is 10.1. The fourth-order valence-corrected chi connectivity index (χ4v) is 3.45. The van der Waals surface area contributed by atoms with E-state index >= 15 is 0 Å². The van der Waals surface area contributed by atoms with Crippen LogP contribution < -0.4 is 4.90 Å². The van der Waals surface area contributed by atoms with E-state index in [9.17, 15) is 9.59 Å². The summed E-state index contributed by atoms with van der Waals surface area (Å²) in [6.45, 7) is 5.02. The molecule has 3 aromatic rings. The van der Waals surface area contributed by atoms with E-state index in [1.165, 1.54) is 0 Å². The van der Waals surface area contributed by atoms with Crippen molar-refractivity contribution in [2.24, 2.45) is 0 Å². The molecule has 0 aliphatic carbocycles. The van der Waals surface area contributed by atoms with E-state index in [4.69, 9.17) is 4.42 Å². The molecule has 4 rings (SSSR count). The molecule has 0 unspecified atom stereocenters. The fraction of sp³-hybridized carbons (Fsp3) is 0.217. The zero-order valence-electron chi connectivity index (χ0n) is 15.8. The van der Waals surface area contributed by atoms with Crippen molar-refractivity contribution in [1.29, 1.82) is 0 Å². The molecular weight excluding hydrogens is 352 g/mol. The smallest absolute Gasteiger partial charge is 0.253 e. The summed E-state index contributed by atoms with van der Waals surface area (Å²) in [5, 5.41) is 0. The fourth-order valence-electron chi connectivity index (χ4n) is 3.45. The predicted molar refractivity (Wildman–Crippen MR) is 109 cm³/mol. The van der Waals surface area contributed by atoms with Crippen molar-refractivity contribution in [1.82, 2.24) is 4.90 Å². The van der Waals surface area contributed by atoms with E-state index < -0.39 is 0 Å². The van der Waals surface area contributed by atoms with Crippen molar-refractivity contribution >= 4 is 17.9 Å². The van der Waals surface area contributed by atoms with Crippen LogP contribution in [0.25, 0.3) is 11.3 Å². The Balaban J connectivity index is 1.38. The molecule has 0 saturated carbocycles. The molecule has 2 aromatic carbocycles. The van der Waals surface area contributed by atoms with Crippen LogP contribution in [0.2, 0.25) is 0 Å². The monoisotopic (exact) mass is 374 g/mol. The third-order valence-corrected chi connectivity index (χ3v) is 5.13. The second kappa shape index (κ2) is 7.72. The Morgan fingerprint density at radius 3 is 2.18 bits per heavy atom. The number of carbonyl (C=O) groups is 2. The highest BCUT2D eigenvalue weighted by Gasteiger charge is 2.22. The lowest BCUT2D eigenvalue weighted by molar-refractivity contribution is 0.0746. The molecule has 1 aliphatic rings. The maximum atomic E-state index is 12.7. The van der Waals surface area contributed by atoms with Crippen LogP contribution in [0.3, 0.4) is 0 Å². The van der Waals surface area contributed by atoms with Crippen LogP contribution in [0.4, 0.5) is 5.69 Å². The normalized spacial score (nSPS) is 14.2. The topological polar surface area (TPSA) is 53.8 Å². The number of carbonyl (C=O) groups excluding carboxylic acids is 2. The van der Waals surface area contributed by atoms with Crippen LogP contribution >= 0.6 is 0 Å². The number of piperazine rings is 1. The summed E-state index contributed by atoms with van der Waals surface area (Å²) in [5.41, 5.74) is 3.96. The zero-order valence-corrected chi connectivity index (χ0v) is 15.8. The highest BCUT2D eigenvalue weighted by molar-refractivity contribution is 5.94. The molecule has 1 saturated heterocycles. The molecule has 0 spiro atoms. The largest absolute Gasteiger partial charge is 0.453 e. The summed E-state index contributed by atoms with van der Waals surface area (Å²) in [5.74, 6) is 1.11. The van der Waals surface area contributed by atoms with Gasteiger partial charge in [0.25, 0.3) is 5.91 Å². The van der Waals surface area contributed by atoms with E-state index in [2.05, 4.69) is 17.0 Å². The number of hydrogen-bond donors (Lipinski definition) is 0. The average Bonchev–Trinajstić information content (AvgIpc) is 3.23. The number of aldehydes is 1. The molecule has 2 heterocycles. The first-order valence-corrected chi connectivity index (χ1v) is 9.40. The second-order valence-corrected chi connectivity index (χ2v) is 7.01. The molecule has 1 aliphatic heterocycles. The van der Waals surface area contributed by atoms with Gasteiger partial charge >= 0.3 is 0 Å². The van der Waals surface area contributed by atoms with Crippen molar-refractivity contribution < 1.29 is 14.0 Å². The minimum Gasteiger partial charge on any atom is -0.453 e. The highest BCUT2D eigenvalue weighted by Crippen LogP contribution is 2.25. The van der Waals surface area contributed by atoms with E-state index in [0.717, 1.165) is 35.5 Å². The van der Waals surface area contributed by atoms with Gasteiger partial charge in [-0.15, -0.1) is 0 Å². The van der Waals surface area contributed by atoms with Crippen LogP contribution in [-0.2, 0) is 0 Å². The number of nitrogens with zero attached hydrogens (tertiary/aromatic N) is 2. The summed E-state index contributed by atoms with van der Waals surface area (Å²) >= 11 is 0. The van der Waals surface area contributed by atoms with Crippen molar-refractivity contribution in [3.8, 4) is 11.3 Å². The van der Waals surface area contributed by atoms with Gasteiger partial charge in [-0.05, 0) is 55.5 Å². The van der Waals surface area contributed by atoms with Crippen LogP contribution in [-0.4, -0.2) is 43.3 Å². The third kappa shape index (κ3) is 3.69. The molecule has 0 radical (unpaired) electrons. The van der Waals surface area contributed by atoms with Crippen molar-refractivity contribution in [2.75, 3.05) is 31.1 Å². The number of hydrogen-bond acceptors (Lipinski definition) is 4. The molecular formula is C23H22N2O3. The Kier molecular flexibility index (Phi) is 4.98. The van der Waals surface area contributed by atoms with Crippen molar-refractivity contribution in [2.45, 2.75) is 6.92 Å². The van der Waals surface area contributed by atoms with Gasteiger partial charge in [-0.2, -0.15) is 0 Å². The Hall–Kier alpha value is -3.34. The van der Waals surface area contributed by atoms with Gasteiger partial charge < -0.3 is 14.2 Å². The Morgan fingerprint density at radius 2 is 1.57 bits per heavy atom. The molecule has 5 heteroatoms. The number of benzene rings is 2. The third-order valence-electron chi connectivity index (χ3n) is 5.13. The molecule has 1 fully saturated rings. The summed E-state index contributed by atoms with van der Waals surface area (Å²) < 4.78 is 5.47. The van der Waals surface area contributed by atoms with Gasteiger partial charge in [-0.1, -0.05) is 17.7 Å². The maximum Gasteiger partial charge on any atom is 0.253 e. The number of amides is 1. The van der Waals surface area contributed by atoms with E-state index in [1.54, 1.807) is 12.1 Å². The number of anilines is 1. The first-order chi connectivity index (χ1) is 13.6. The lowest BCUT2D eigenvalue weighted by Gasteiger charge is -2.36. The number of furan rings is 1. The van der Waals surface area contributed by atoms with Crippen LogP contribution in [0.5, 0.6) is 0 Å². The highest BCUT2D eigenvalue weighted by atomic mass is 16.3. The first kappa shape index (κ1) is 18.0. The van der Waals surface area contributed by atoms with Crippen molar-refractivity contribution in [3.05, 3.63) is 77.6 Å². The maximum absolute atomic E-state index is 12.7. The molecule has 28 heavy (non-hydrogen) atoms. The summed E-state index contributed by atoms with van der Waals surface area (Å²) in [6, 6.07) is 19.3. The van der Waals surface area contributed by atoms with Crippen molar-refractivity contribution in [3.63, 3.8) is 0 Å². The van der Waals surface area contributed by atoms with Gasteiger partial charge in [-0.25, -0.2) is 0 Å². The van der Waals surface area contributed by atoms with E-state index in [0.29, 0.717) is 30.9 Å². The molecule has 1 aromatic heterocycles. The molecule has 142 valence electrons. The summed E-state index contributed by atoms with van der Waals surface area (Å²) in [7, 11) is 0. The Morgan fingerprint density at radius 1 is 0.893 bits per heavy atom. The van der Waals surface area contributed by atoms with Crippen LogP contribution in [0, 0.1) is 6.92 Å². The van der Waals surface area contributed by atoms with E-state index in [-0.39, 0.29) is 5.91 Å². The lowest BCUT2D eigenvalue weighted by Crippen LogP contribution is -2.48. The standard InChI is InChI=1S/C23H22N2O3/c1-17-2-4-19(5-3-17)23(27)25-14-12-24(13-15-25)20-8-6-18(7-9-20)22-11-10-21(16-26)28-22/h2-11,16H,12-15H2,1H3. The predicted octanol–water partition coefficient (Wildman–Crippen LogP) is 4.03. The minimum absolute atomic E-state index is 0.0961. The first-order valence-electron chi connectivity index (χ1n) is 9.40. The second-order valence-electron chi connectivity index (χ2n) is 7.01. The SMILES string of the molecule is Cc1ccc(C(=O)N2CCN(c3ccc(-c4ccc(C=O)o4)cc3)CC2)cc1. The van der Waals surface area contributed by atoms with Crippen LogP contribution in [0.1, 0.15) is 26.5 Å². The molecule has 0 atom stereocenters. The molecule has 0 bridgehead atoms. The van der Waals surface area contributed by atoms with Gasteiger partial charge in [0.2, 0.25) is 0 Å². The van der Waals surface area contributed by atoms with Gasteiger partial charge in [0.1, 0.15) is 5.76 Å². The van der Waals surface area contributed by atoms with Gasteiger partial charge in [0.15, 0.2) is 12.0 Å². The minimum atomic E-state index is 0.0961. The van der Waals surface area contributed by atoms with E-state index in [1.807, 2.05) is 48.2 Å². The van der Waals surface area contributed by atoms with Gasteiger partial charge in [-0.3, -0.25) is 9.59 Å². The quantitative estimate of drug-likeness (QED) is 0.647.